The van der Waals surface area contributed by atoms with Crippen LogP contribution in [0.4, 0.5) is 0 Å². The summed E-state index contributed by atoms with van der Waals surface area (Å²) in [6.45, 7) is 3.10. The van der Waals surface area contributed by atoms with Gasteiger partial charge in [-0.05, 0) is 37.5 Å². The third-order valence-corrected chi connectivity index (χ3v) is 6.54. The van der Waals surface area contributed by atoms with E-state index in [0.29, 0.717) is 31.9 Å². The normalized spacial score (nSPS) is 20.4. The summed E-state index contributed by atoms with van der Waals surface area (Å²) in [7, 11) is -6.62. The molecule has 1 saturated heterocycles. The van der Waals surface area contributed by atoms with Crippen LogP contribution in [0.1, 0.15) is 18.9 Å². The topological polar surface area (TPSA) is 131 Å². The Bertz CT molecular complexity index is 818. The second-order valence-corrected chi connectivity index (χ2v) is 9.73. The number of sulfonamides is 1. The summed E-state index contributed by atoms with van der Waals surface area (Å²) in [6.07, 6.45) is 1.21. The van der Waals surface area contributed by atoms with E-state index in [9.17, 15) is 16.8 Å². The number of nitrogens with one attached hydrogen (secondary N) is 2. The van der Waals surface area contributed by atoms with Gasteiger partial charge in [-0.3, -0.25) is 4.99 Å². The van der Waals surface area contributed by atoms with Crippen LogP contribution in [0.25, 0.3) is 0 Å². The van der Waals surface area contributed by atoms with Crippen molar-refractivity contribution in [2.45, 2.75) is 30.7 Å². The molecule has 0 spiro atoms. The van der Waals surface area contributed by atoms with Crippen molar-refractivity contribution in [3.05, 3.63) is 29.8 Å². The molecule has 0 aliphatic carbocycles. The highest BCUT2D eigenvalue weighted by Crippen LogP contribution is 2.11. The number of primary sulfonamides is 1. The summed E-state index contributed by atoms with van der Waals surface area (Å²) in [5.41, 5.74) is 0.940. The Morgan fingerprint density at radius 2 is 2.00 bits per heavy atom. The van der Waals surface area contributed by atoms with E-state index in [-0.39, 0.29) is 22.4 Å². The number of nitrogens with zero attached hydrogens (tertiary/aromatic N) is 1. The maximum atomic E-state index is 11.5. The fourth-order valence-electron chi connectivity index (χ4n) is 2.56. The SMILES string of the molecule is CCNC(=NCCc1ccc(S(N)(=O)=O)cc1)NC1CCS(=O)(=O)C1. The van der Waals surface area contributed by atoms with Gasteiger partial charge in [0.05, 0.1) is 16.4 Å². The zero-order valence-electron chi connectivity index (χ0n) is 14.1. The maximum Gasteiger partial charge on any atom is 0.238 e. The fraction of sp³-hybridized carbons (Fsp3) is 0.533. The van der Waals surface area contributed by atoms with Crippen molar-refractivity contribution in [1.82, 2.24) is 10.6 Å². The number of sulfone groups is 1. The minimum Gasteiger partial charge on any atom is -0.357 e. The Labute approximate surface area is 148 Å². The van der Waals surface area contributed by atoms with Crippen LogP contribution in [0, 0.1) is 0 Å². The molecule has 0 aromatic heterocycles. The van der Waals surface area contributed by atoms with Crippen molar-refractivity contribution >= 4 is 25.8 Å². The third-order valence-electron chi connectivity index (χ3n) is 3.84. The molecule has 1 fully saturated rings. The molecular weight excluding hydrogens is 364 g/mol. The van der Waals surface area contributed by atoms with Gasteiger partial charge in [0.2, 0.25) is 10.0 Å². The molecule has 0 radical (unpaired) electrons. The van der Waals surface area contributed by atoms with E-state index in [1.807, 2.05) is 6.92 Å². The van der Waals surface area contributed by atoms with Crippen molar-refractivity contribution < 1.29 is 16.8 Å². The quantitative estimate of drug-likeness (QED) is 0.450. The van der Waals surface area contributed by atoms with Gasteiger partial charge in [0, 0.05) is 19.1 Å². The molecule has 2 rings (SSSR count). The Kier molecular flexibility index (Phi) is 6.42. The van der Waals surface area contributed by atoms with Crippen molar-refractivity contribution in [2.75, 3.05) is 24.6 Å². The van der Waals surface area contributed by atoms with Crippen LogP contribution in [-0.2, 0) is 26.3 Å². The molecule has 4 N–H and O–H groups in total. The number of guanidine groups is 1. The number of nitrogens with two attached hydrogens (primary N) is 1. The van der Waals surface area contributed by atoms with E-state index in [1.54, 1.807) is 12.1 Å². The van der Waals surface area contributed by atoms with Gasteiger partial charge >= 0.3 is 0 Å². The predicted octanol–water partition coefficient (Wildman–Crippen LogP) is -0.381. The van der Waals surface area contributed by atoms with E-state index in [2.05, 4.69) is 15.6 Å². The van der Waals surface area contributed by atoms with Crippen LogP contribution in [0.15, 0.2) is 34.2 Å². The maximum absolute atomic E-state index is 11.5. The first-order valence-electron chi connectivity index (χ1n) is 8.06. The first kappa shape index (κ1) is 19.7. The smallest absolute Gasteiger partial charge is 0.238 e. The molecule has 1 aromatic carbocycles. The van der Waals surface area contributed by atoms with Crippen molar-refractivity contribution in [2.24, 2.45) is 10.1 Å². The van der Waals surface area contributed by atoms with E-state index in [4.69, 9.17) is 5.14 Å². The molecule has 1 atom stereocenters. The number of rotatable bonds is 6. The highest BCUT2D eigenvalue weighted by molar-refractivity contribution is 7.91. The van der Waals surface area contributed by atoms with Gasteiger partial charge < -0.3 is 10.6 Å². The average Bonchev–Trinajstić information content (AvgIpc) is 2.86. The molecule has 25 heavy (non-hydrogen) atoms. The summed E-state index contributed by atoms with van der Waals surface area (Å²) in [4.78, 5) is 4.53. The number of hydrogen-bond donors (Lipinski definition) is 3. The molecule has 10 heteroatoms. The van der Waals surface area contributed by atoms with E-state index in [1.165, 1.54) is 12.1 Å². The Hall–Kier alpha value is -1.65. The van der Waals surface area contributed by atoms with Gasteiger partial charge in [-0.1, -0.05) is 12.1 Å². The fourth-order valence-corrected chi connectivity index (χ4v) is 4.75. The van der Waals surface area contributed by atoms with Crippen LogP contribution < -0.4 is 15.8 Å². The lowest BCUT2D eigenvalue weighted by molar-refractivity contribution is 0.596. The molecule has 0 bridgehead atoms. The van der Waals surface area contributed by atoms with E-state index < -0.39 is 19.9 Å². The molecule has 1 heterocycles. The second kappa shape index (κ2) is 8.15. The summed E-state index contributed by atoms with van der Waals surface area (Å²) < 4.78 is 45.5. The predicted molar refractivity (Wildman–Crippen MR) is 97.7 cm³/mol. The largest absolute Gasteiger partial charge is 0.357 e. The van der Waals surface area contributed by atoms with Crippen molar-refractivity contribution in [1.29, 1.82) is 0 Å². The van der Waals surface area contributed by atoms with Gasteiger partial charge in [-0.15, -0.1) is 0 Å². The highest BCUT2D eigenvalue weighted by Gasteiger charge is 2.28. The van der Waals surface area contributed by atoms with Gasteiger partial charge in [0.25, 0.3) is 0 Å². The van der Waals surface area contributed by atoms with E-state index in [0.717, 1.165) is 5.56 Å². The molecule has 140 valence electrons. The van der Waals surface area contributed by atoms with Crippen LogP contribution >= 0.6 is 0 Å². The van der Waals surface area contributed by atoms with E-state index >= 15 is 0 Å². The average molecular weight is 389 g/mol. The first-order valence-corrected chi connectivity index (χ1v) is 11.4. The molecule has 0 amide bonds. The molecule has 8 nitrogen and oxygen atoms in total. The molecule has 1 aliphatic rings. The van der Waals surface area contributed by atoms with Crippen molar-refractivity contribution in [3.8, 4) is 0 Å². The summed E-state index contributed by atoms with van der Waals surface area (Å²) in [5, 5.41) is 11.3. The lowest BCUT2D eigenvalue weighted by Gasteiger charge is -2.15. The second-order valence-electron chi connectivity index (χ2n) is 5.94. The standard InChI is InChI=1S/C15H24N4O4S2/c1-2-17-15(19-13-8-10-24(20,21)11-13)18-9-7-12-3-5-14(6-4-12)25(16,22)23/h3-6,13H,2,7-11H2,1H3,(H2,16,22,23)(H2,17,18,19). The molecule has 1 aromatic rings. The Balaban J connectivity index is 1.92. The monoisotopic (exact) mass is 388 g/mol. The lowest BCUT2D eigenvalue weighted by Crippen LogP contribution is -2.44. The van der Waals surface area contributed by atoms with Gasteiger partial charge in [0.1, 0.15) is 0 Å². The van der Waals surface area contributed by atoms with Crippen LogP contribution in [0.2, 0.25) is 0 Å². The minimum absolute atomic E-state index is 0.0807. The first-order chi connectivity index (χ1) is 11.7. The summed E-state index contributed by atoms with van der Waals surface area (Å²) in [6, 6.07) is 6.25. The number of aliphatic imine (C=N–C) groups is 1. The Morgan fingerprint density at radius 1 is 1.32 bits per heavy atom. The van der Waals surface area contributed by atoms with Crippen molar-refractivity contribution in [3.63, 3.8) is 0 Å². The van der Waals surface area contributed by atoms with Gasteiger partial charge in [-0.2, -0.15) is 0 Å². The Morgan fingerprint density at radius 3 is 2.52 bits per heavy atom. The molecule has 0 saturated carbocycles. The third kappa shape index (κ3) is 6.29. The number of hydrogen-bond acceptors (Lipinski definition) is 5. The molecular formula is C15H24N4O4S2. The zero-order valence-corrected chi connectivity index (χ0v) is 15.7. The zero-order chi connectivity index (χ0) is 18.5. The van der Waals surface area contributed by atoms with Crippen LogP contribution in [-0.4, -0.2) is 53.4 Å². The van der Waals surface area contributed by atoms with Crippen LogP contribution in [0.3, 0.4) is 0 Å². The van der Waals surface area contributed by atoms with Gasteiger partial charge in [0.15, 0.2) is 15.8 Å². The number of benzene rings is 1. The molecule has 1 unspecified atom stereocenters. The van der Waals surface area contributed by atoms with Gasteiger partial charge in [-0.25, -0.2) is 22.0 Å². The van der Waals surface area contributed by atoms with Crippen LogP contribution in [0.5, 0.6) is 0 Å². The lowest BCUT2D eigenvalue weighted by atomic mass is 10.1. The minimum atomic E-state index is -3.68. The highest BCUT2D eigenvalue weighted by atomic mass is 32.2. The summed E-state index contributed by atoms with van der Waals surface area (Å²) >= 11 is 0. The molecule has 1 aliphatic heterocycles. The summed E-state index contributed by atoms with van der Waals surface area (Å²) in [5.74, 6) is 0.929.